The molecule has 0 bridgehead atoms. The van der Waals surface area contributed by atoms with E-state index in [0.717, 1.165) is 37.6 Å². The highest BCUT2D eigenvalue weighted by Crippen LogP contribution is 2.25. The van der Waals surface area contributed by atoms with Crippen molar-refractivity contribution in [3.63, 3.8) is 0 Å². The van der Waals surface area contributed by atoms with Crippen molar-refractivity contribution < 1.29 is 4.79 Å². The molecule has 4 rings (SSSR count). The minimum absolute atomic E-state index is 0.0132. The van der Waals surface area contributed by atoms with Crippen LogP contribution in [0.15, 0.2) is 48.7 Å². The molecule has 0 atom stereocenters. The minimum atomic E-state index is 0.0132. The first-order chi connectivity index (χ1) is 12.2. The second-order valence-corrected chi connectivity index (χ2v) is 6.57. The summed E-state index contributed by atoms with van der Waals surface area (Å²) >= 11 is 6.16. The SMILES string of the molecule is O=C(Nc1ccccc1)C1CCN(c2nnc3c(Cl)cccn23)CC1. The van der Waals surface area contributed by atoms with Gasteiger partial charge in [-0.25, -0.2) is 0 Å². The van der Waals surface area contributed by atoms with Gasteiger partial charge in [-0.05, 0) is 37.1 Å². The molecule has 6 nitrogen and oxygen atoms in total. The molecule has 0 radical (unpaired) electrons. The monoisotopic (exact) mass is 355 g/mol. The van der Waals surface area contributed by atoms with Crippen molar-refractivity contribution in [1.82, 2.24) is 14.6 Å². The lowest BCUT2D eigenvalue weighted by atomic mass is 9.96. The molecule has 2 aromatic heterocycles. The summed E-state index contributed by atoms with van der Waals surface area (Å²) in [4.78, 5) is 14.6. The number of hydrogen-bond donors (Lipinski definition) is 1. The Balaban J connectivity index is 1.42. The zero-order valence-electron chi connectivity index (χ0n) is 13.6. The van der Waals surface area contributed by atoms with Crippen LogP contribution in [0.5, 0.6) is 0 Å². The molecule has 0 aliphatic carbocycles. The van der Waals surface area contributed by atoms with Crippen LogP contribution in [0.2, 0.25) is 5.02 Å². The fourth-order valence-corrected chi connectivity index (χ4v) is 3.40. The van der Waals surface area contributed by atoms with Crippen LogP contribution >= 0.6 is 11.6 Å². The standard InChI is InChI=1S/C18H18ClN5O/c19-15-7-4-10-24-16(15)21-22-18(24)23-11-8-13(9-12-23)17(25)20-14-5-2-1-3-6-14/h1-7,10,13H,8-9,11-12H2,(H,20,25). The molecular formula is C18H18ClN5O. The fraction of sp³-hybridized carbons (Fsp3) is 0.278. The quantitative estimate of drug-likeness (QED) is 0.783. The summed E-state index contributed by atoms with van der Waals surface area (Å²) in [6.45, 7) is 1.53. The van der Waals surface area contributed by atoms with Crippen LogP contribution in [0.25, 0.3) is 5.65 Å². The Morgan fingerprint density at radius 3 is 2.60 bits per heavy atom. The molecule has 1 aromatic carbocycles. The normalized spacial score (nSPS) is 15.5. The molecule has 7 heteroatoms. The third kappa shape index (κ3) is 3.17. The van der Waals surface area contributed by atoms with E-state index < -0.39 is 0 Å². The van der Waals surface area contributed by atoms with Gasteiger partial charge >= 0.3 is 0 Å². The number of anilines is 2. The van der Waals surface area contributed by atoms with Gasteiger partial charge in [0.2, 0.25) is 11.9 Å². The number of carbonyl (C=O) groups is 1. The second kappa shape index (κ2) is 6.72. The van der Waals surface area contributed by atoms with E-state index in [1.807, 2.05) is 47.0 Å². The van der Waals surface area contributed by atoms with Gasteiger partial charge in [-0.2, -0.15) is 0 Å². The van der Waals surface area contributed by atoms with E-state index in [1.54, 1.807) is 6.07 Å². The van der Waals surface area contributed by atoms with Gasteiger partial charge in [0, 0.05) is 30.9 Å². The van der Waals surface area contributed by atoms with Crippen molar-refractivity contribution in [3.8, 4) is 0 Å². The van der Waals surface area contributed by atoms with Gasteiger partial charge in [-0.15, -0.1) is 10.2 Å². The Morgan fingerprint density at radius 2 is 1.84 bits per heavy atom. The number of pyridine rings is 1. The van der Waals surface area contributed by atoms with Gasteiger partial charge in [0.25, 0.3) is 0 Å². The molecule has 1 aliphatic rings. The first kappa shape index (κ1) is 15.9. The van der Waals surface area contributed by atoms with Crippen molar-refractivity contribution in [2.75, 3.05) is 23.3 Å². The van der Waals surface area contributed by atoms with Gasteiger partial charge in [0.15, 0.2) is 5.65 Å². The third-order valence-corrected chi connectivity index (χ3v) is 4.85. The molecule has 1 fully saturated rings. The Morgan fingerprint density at radius 1 is 1.08 bits per heavy atom. The van der Waals surface area contributed by atoms with E-state index >= 15 is 0 Å². The number of nitrogens with one attached hydrogen (secondary N) is 1. The lowest BCUT2D eigenvalue weighted by molar-refractivity contribution is -0.120. The van der Waals surface area contributed by atoms with Crippen LogP contribution in [0, 0.1) is 5.92 Å². The number of nitrogens with zero attached hydrogens (tertiary/aromatic N) is 4. The van der Waals surface area contributed by atoms with Crippen molar-refractivity contribution in [2.24, 2.45) is 5.92 Å². The Labute approximate surface area is 150 Å². The molecule has 128 valence electrons. The highest BCUT2D eigenvalue weighted by molar-refractivity contribution is 6.33. The number of carbonyl (C=O) groups excluding carboxylic acids is 1. The van der Waals surface area contributed by atoms with E-state index in [4.69, 9.17) is 11.6 Å². The van der Waals surface area contributed by atoms with E-state index in [-0.39, 0.29) is 11.8 Å². The summed E-state index contributed by atoms with van der Waals surface area (Å²) in [6.07, 6.45) is 3.48. The molecule has 1 aliphatic heterocycles. The molecule has 25 heavy (non-hydrogen) atoms. The van der Waals surface area contributed by atoms with Crippen molar-refractivity contribution in [2.45, 2.75) is 12.8 Å². The number of halogens is 1. The Bertz CT molecular complexity index is 887. The summed E-state index contributed by atoms with van der Waals surface area (Å²) < 4.78 is 1.90. The number of benzene rings is 1. The molecule has 3 aromatic rings. The van der Waals surface area contributed by atoms with Gasteiger partial charge in [-0.3, -0.25) is 9.20 Å². The van der Waals surface area contributed by atoms with Crippen LogP contribution in [-0.4, -0.2) is 33.6 Å². The number of fused-ring (bicyclic) bond motifs is 1. The van der Waals surface area contributed by atoms with Crippen molar-refractivity contribution >= 4 is 34.8 Å². The Hall–Kier alpha value is -2.60. The molecule has 0 spiro atoms. The smallest absolute Gasteiger partial charge is 0.231 e. The van der Waals surface area contributed by atoms with Crippen LogP contribution < -0.4 is 10.2 Å². The molecule has 1 amide bonds. The van der Waals surface area contributed by atoms with Gasteiger partial charge < -0.3 is 10.2 Å². The predicted molar refractivity (Wildman–Crippen MR) is 98.0 cm³/mol. The summed E-state index contributed by atoms with van der Waals surface area (Å²) in [5.74, 6) is 0.874. The number of amides is 1. The molecular weight excluding hydrogens is 338 g/mol. The lowest BCUT2D eigenvalue weighted by Crippen LogP contribution is -2.39. The first-order valence-corrected chi connectivity index (χ1v) is 8.70. The number of rotatable bonds is 3. The predicted octanol–water partition coefficient (Wildman–Crippen LogP) is 3.24. The van der Waals surface area contributed by atoms with E-state index in [1.165, 1.54) is 0 Å². The topological polar surface area (TPSA) is 62.5 Å². The third-order valence-electron chi connectivity index (χ3n) is 4.56. The van der Waals surface area contributed by atoms with E-state index in [2.05, 4.69) is 20.4 Å². The van der Waals surface area contributed by atoms with Crippen LogP contribution in [0.3, 0.4) is 0 Å². The zero-order valence-corrected chi connectivity index (χ0v) is 14.4. The average molecular weight is 356 g/mol. The summed E-state index contributed by atoms with van der Waals surface area (Å²) in [5.41, 5.74) is 1.50. The first-order valence-electron chi connectivity index (χ1n) is 8.32. The molecule has 1 N–H and O–H groups in total. The zero-order chi connectivity index (χ0) is 17.2. The highest BCUT2D eigenvalue weighted by Gasteiger charge is 2.27. The van der Waals surface area contributed by atoms with Crippen molar-refractivity contribution in [1.29, 1.82) is 0 Å². The number of hydrogen-bond acceptors (Lipinski definition) is 4. The second-order valence-electron chi connectivity index (χ2n) is 6.17. The molecule has 3 heterocycles. The molecule has 0 saturated carbocycles. The molecule has 1 saturated heterocycles. The largest absolute Gasteiger partial charge is 0.341 e. The summed E-state index contributed by atoms with van der Waals surface area (Å²) in [5, 5.41) is 12.0. The van der Waals surface area contributed by atoms with Crippen LogP contribution in [0.4, 0.5) is 11.6 Å². The van der Waals surface area contributed by atoms with Gasteiger partial charge in [0.05, 0.1) is 5.02 Å². The maximum absolute atomic E-state index is 12.4. The summed E-state index contributed by atoms with van der Waals surface area (Å²) in [6, 6.07) is 13.2. The fourth-order valence-electron chi connectivity index (χ4n) is 3.19. The Kier molecular flexibility index (Phi) is 4.28. The number of piperidine rings is 1. The van der Waals surface area contributed by atoms with E-state index in [0.29, 0.717) is 10.7 Å². The van der Waals surface area contributed by atoms with Gasteiger partial charge in [-0.1, -0.05) is 29.8 Å². The maximum Gasteiger partial charge on any atom is 0.231 e. The lowest BCUT2D eigenvalue weighted by Gasteiger charge is -2.31. The number of aromatic nitrogens is 3. The number of para-hydroxylation sites is 1. The molecule has 0 unspecified atom stereocenters. The van der Waals surface area contributed by atoms with Gasteiger partial charge in [0.1, 0.15) is 0 Å². The van der Waals surface area contributed by atoms with Crippen molar-refractivity contribution in [3.05, 3.63) is 53.7 Å². The van der Waals surface area contributed by atoms with E-state index in [9.17, 15) is 4.79 Å². The summed E-state index contributed by atoms with van der Waals surface area (Å²) in [7, 11) is 0. The average Bonchev–Trinajstić information content (AvgIpc) is 3.08. The highest BCUT2D eigenvalue weighted by atomic mass is 35.5. The van der Waals surface area contributed by atoms with Crippen LogP contribution in [0.1, 0.15) is 12.8 Å². The minimum Gasteiger partial charge on any atom is -0.341 e. The maximum atomic E-state index is 12.4. The van der Waals surface area contributed by atoms with Crippen LogP contribution in [-0.2, 0) is 4.79 Å².